The van der Waals surface area contributed by atoms with Gasteiger partial charge in [-0.05, 0) is 43.7 Å². The number of hydrogen-bond donors (Lipinski definition) is 1. The Morgan fingerprint density at radius 2 is 1.33 bits per heavy atom. The smallest absolute Gasteiger partial charge is 0.0474 e. The van der Waals surface area contributed by atoms with Crippen LogP contribution >= 0.6 is 0 Å². The highest BCUT2D eigenvalue weighted by atomic mass is 16.3. The summed E-state index contributed by atoms with van der Waals surface area (Å²) in [6.07, 6.45) is 3.58. The van der Waals surface area contributed by atoms with Crippen LogP contribution in [0.25, 0.3) is 0 Å². The second-order valence-electron chi connectivity index (χ2n) is 7.32. The molecule has 0 aliphatic heterocycles. The first-order valence-corrected chi connectivity index (χ1v) is 9.11. The topological polar surface area (TPSA) is 23.5 Å². The van der Waals surface area contributed by atoms with Crippen LogP contribution in [0.4, 0.5) is 0 Å². The van der Waals surface area contributed by atoms with Crippen molar-refractivity contribution >= 4 is 0 Å². The first kappa shape index (κ1) is 17.2. The second kappa shape index (κ2) is 7.96. The Morgan fingerprint density at radius 1 is 0.833 bits per heavy atom. The molecule has 128 valence electrons. The summed E-state index contributed by atoms with van der Waals surface area (Å²) < 4.78 is 0. The lowest BCUT2D eigenvalue weighted by Crippen LogP contribution is -2.38. The molecule has 0 spiro atoms. The van der Waals surface area contributed by atoms with Gasteiger partial charge in [0, 0.05) is 25.7 Å². The average molecular weight is 323 g/mol. The summed E-state index contributed by atoms with van der Waals surface area (Å²) in [5.41, 5.74) is 5.32. The van der Waals surface area contributed by atoms with Crippen molar-refractivity contribution < 1.29 is 5.11 Å². The van der Waals surface area contributed by atoms with Gasteiger partial charge in [0.15, 0.2) is 0 Å². The standard InChI is InChI=1S/C22H29NO/c1-17-6-10-19(11-7-17)14-23(22-5-3-4-21(22)16-24)15-20-12-8-18(2)9-13-20/h6-13,21-22,24H,3-5,14-16H2,1-2H3/t21-,22+/m1/s1. The molecular weight excluding hydrogens is 294 g/mol. The van der Waals surface area contributed by atoms with E-state index in [4.69, 9.17) is 0 Å². The molecule has 0 heterocycles. The molecule has 2 heteroatoms. The van der Waals surface area contributed by atoms with E-state index in [1.54, 1.807) is 0 Å². The minimum atomic E-state index is 0.308. The quantitative estimate of drug-likeness (QED) is 0.848. The highest BCUT2D eigenvalue weighted by Gasteiger charge is 2.31. The van der Waals surface area contributed by atoms with Gasteiger partial charge in [0.05, 0.1) is 0 Å². The van der Waals surface area contributed by atoms with Gasteiger partial charge in [-0.2, -0.15) is 0 Å². The van der Waals surface area contributed by atoms with E-state index < -0.39 is 0 Å². The highest BCUT2D eigenvalue weighted by Crippen LogP contribution is 2.31. The van der Waals surface area contributed by atoms with Gasteiger partial charge in [0.25, 0.3) is 0 Å². The van der Waals surface area contributed by atoms with E-state index in [1.165, 1.54) is 35.1 Å². The molecule has 1 N–H and O–H groups in total. The SMILES string of the molecule is Cc1ccc(CN(Cc2ccc(C)cc2)[C@H]2CCC[C@@H]2CO)cc1. The maximum atomic E-state index is 9.76. The van der Waals surface area contributed by atoms with Gasteiger partial charge in [0.1, 0.15) is 0 Å². The van der Waals surface area contributed by atoms with Gasteiger partial charge < -0.3 is 5.11 Å². The van der Waals surface area contributed by atoms with E-state index in [1.807, 2.05) is 0 Å². The molecule has 1 aliphatic carbocycles. The fraction of sp³-hybridized carbons (Fsp3) is 0.455. The van der Waals surface area contributed by atoms with E-state index in [0.29, 0.717) is 18.6 Å². The Bertz CT molecular complexity index is 585. The zero-order valence-corrected chi connectivity index (χ0v) is 14.9. The first-order valence-electron chi connectivity index (χ1n) is 9.11. The Balaban J connectivity index is 1.79. The predicted molar refractivity (Wildman–Crippen MR) is 99.8 cm³/mol. The molecule has 2 aromatic carbocycles. The normalized spacial score (nSPS) is 20.7. The molecule has 0 saturated heterocycles. The number of hydrogen-bond acceptors (Lipinski definition) is 2. The summed E-state index contributed by atoms with van der Waals surface area (Å²) in [6, 6.07) is 18.2. The number of aliphatic hydroxyl groups is 1. The summed E-state index contributed by atoms with van der Waals surface area (Å²) in [5.74, 6) is 0.417. The number of aryl methyl sites for hydroxylation is 2. The molecule has 1 aliphatic rings. The van der Waals surface area contributed by atoms with Crippen LogP contribution in [0.2, 0.25) is 0 Å². The van der Waals surface area contributed by atoms with Gasteiger partial charge in [0.2, 0.25) is 0 Å². The summed E-state index contributed by atoms with van der Waals surface area (Å²) in [5, 5.41) is 9.76. The van der Waals surface area contributed by atoms with Crippen molar-refractivity contribution in [3.63, 3.8) is 0 Å². The molecule has 2 aromatic rings. The summed E-state index contributed by atoms with van der Waals surface area (Å²) in [4.78, 5) is 2.57. The Morgan fingerprint density at radius 3 is 1.79 bits per heavy atom. The van der Waals surface area contributed by atoms with Crippen molar-refractivity contribution in [2.24, 2.45) is 5.92 Å². The summed E-state index contributed by atoms with van der Waals surface area (Å²) in [6.45, 7) is 6.48. The van der Waals surface area contributed by atoms with Crippen LogP contribution in [-0.2, 0) is 13.1 Å². The van der Waals surface area contributed by atoms with E-state index in [-0.39, 0.29) is 0 Å². The number of benzene rings is 2. The molecule has 3 rings (SSSR count). The maximum Gasteiger partial charge on any atom is 0.0474 e. The Hall–Kier alpha value is -1.64. The number of nitrogens with zero attached hydrogens (tertiary/aromatic N) is 1. The molecule has 1 saturated carbocycles. The zero-order chi connectivity index (χ0) is 16.9. The van der Waals surface area contributed by atoms with Gasteiger partial charge >= 0.3 is 0 Å². The fourth-order valence-corrected chi connectivity index (χ4v) is 3.86. The molecule has 0 aromatic heterocycles. The molecular formula is C22H29NO. The lowest BCUT2D eigenvalue weighted by molar-refractivity contribution is 0.104. The molecule has 2 atom stereocenters. The van der Waals surface area contributed by atoms with Gasteiger partial charge in [-0.1, -0.05) is 66.1 Å². The van der Waals surface area contributed by atoms with Crippen LogP contribution in [0.5, 0.6) is 0 Å². The zero-order valence-electron chi connectivity index (χ0n) is 14.9. The van der Waals surface area contributed by atoms with Crippen molar-refractivity contribution in [1.82, 2.24) is 4.90 Å². The van der Waals surface area contributed by atoms with Crippen molar-refractivity contribution in [2.75, 3.05) is 6.61 Å². The number of rotatable bonds is 6. The number of aliphatic hydroxyl groups excluding tert-OH is 1. The van der Waals surface area contributed by atoms with Crippen LogP contribution in [0.15, 0.2) is 48.5 Å². The average Bonchev–Trinajstić information content (AvgIpc) is 3.07. The summed E-state index contributed by atoms with van der Waals surface area (Å²) in [7, 11) is 0. The minimum absolute atomic E-state index is 0.308. The van der Waals surface area contributed by atoms with Gasteiger partial charge in [-0.15, -0.1) is 0 Å². The van der Waals surface area contributed by atoms with Gasteiger partial charge in [-0.25, -0.2) is 0 Å². The Kier molecular flexibility index (Phi) is 5.70. The minimum Gasteiger partial charge on any atom is -0.396 e. The first-order chi connectivity index (χ1) is 11.7. The van der Waals surface area contributed by atoms with E-state index in [9.17, 15) is 5.11 Å². The van der Waals surface area contributed by atoms with Crippen LogP contribution in [0.1, 0.15) is 41.5 Å². The second-order valence-corrected chi connectivity index (χ2v) is 7.32. The predicted octanol–water partition coefficient (Wildman–Crippen LogP) is 4.47. The molecule has 1 fully saturated rings. The summed E-state index contributed by atoms with van der Waals surface area (Å²) >= 11 is 0. The van der Waals surface area contributed by atoms with Crippen LogP contribution in [0, 0.1) is 19.8 Å². The van der Waals surface area contributed by atoms with E-state index in [2.05, 4.69) is 67.3 Å². The highest BCUT2D eigenvalue weighted by molar-refractivity contribution is 5.23. The maximum absolute atomic E-state index is 9.76. The third-order valence-corrected chi connectivity index (χ3v) is 5.34. The lowest BCUT2D eigenvalue weighted by Gasteiger charge is -2.33. The fourth-order valence-electron chi connectivity index (χ4n) is 3.86. The van der Waals surface area contributed by atoms with Crippen LogP contribution < -0.4 is 0 Å². The van der Waals surface area contributed by atoms with Crippen LogP contribution in [0.3, 0.4) is 0 Å². The van der Waals surface area contributed by atoms with Crippen LogP contribution in [-0.4, -0.2) is 22.7 Å². The van der Waals surface area contributed by atoms with Crippen molar-refractivity contribution in [2.45, 2.75) is 52.2 Å². The van der Waals surface area contributed by atoms with Gasteiger partial charge in [-0.3, -0.25) is 4.90 Å². The third kappa shape index (κ3) is 4.25. The molecule has 0 amide bonds. The monoisotopic (exact) mass is 323 g/mol. The largest absolute Gasteiger partial charge is 0.396 e. The van der Waals surface area contributed by atoms with Crippen molar-refractivity contribution in [3.8, 4) is 0 Å². The Labute approximate surface area is 146 Å². The lowest BCUT2D eigenvalue weighted by atomic mass is 10.0. The molecule has 24 heavy (non-hydrogen) atoms. The molecule has 2 nitrogen and oxygen atoms in total. The molecule has 0 bridgehead atoms. The third-order valence-electron chi connectivity index (χ3n) is 5.34. The molecule has 0 unspecified atom stereocenters. The van der Waals surface area contributed by atoms with E-state index in [0.717, 1.165) is 19.5 Å². The van der Waals surface area contributed by atoms with Crippen molar-refractivity contribution in [1.29, 1.82) is 0 Å². The van der Waals surface area contributed by atoms with Crippen molar-refractivity contribution in [3.05, 3.63) is 70.8 Å². The molecule has 0 radical (unpaired) electrons. The van der Waals surface area contributed by atoms with E-state index >= 15 is 0 Å².